The minimum atomic E-state index is -0.0418. The minimum Gasteiger partial charge on any atom is -0.497 e. The Morgan fingerprint density at radius 1 is 1.08 bits per heavy atom. The monoisotopic (exact) mass is 348 g/mol. The van der Waals surface area contributed by atoms with E-state index in [4.69, 9.17) is 4.74 Å². The first-order valence-electron chi connectivity index (χ1n) is 8.72. The molecule has 1 aliphatic heterocycles. The van der Waals surface area contributed by atoms with Crippen molar-refractivity contribution in [1.29, 1.82) is 0 Å². The first-order valence-corrected chi connectivity index (χ1v) is 8.72. The number of fused-ring (bicyclic) bond motifs is 3. The molecular formula is C20H20N4O2. The number of methoxy groups -OCH3 is 1. The van der Waals surface area contributed by atoms with Crippen LogP contribution in [0, 0.1) is 0 Å². The van der Waals surface area contributed by atoms with Gasteiger partial charge in [0.15, 0.2) is 0 Å². The lowest BCUT2D eigenvalue weighted by Crippen LogP contribution is -2.26. The summed E-state index contributed by atoms with van der Waals surface area (Å²) in [6.07, 6.45) is 1.96. The van der Waals surface area contributed by atoms with Crippen LogP contribution in [-0.2, 0) is 17.6 Å². The number of carbonyl (C=O) groups is 1. The highest BCUT2D eigenvalue weighted by Gasteiger charge is 2.30. The van der Waals surface area contributed by atoms with Gasteiger partial charge in [-0.2, -0.15) is 0 Å². The molecule has 2 aromatic carbocycles. The molecule has 1 amide bonds. The summed E-state index contributed by atoms with van der Waals surface area (Å²) in [7, 11) is 1.62. The Balaban J connectivity index is 1.98. The van der Waals surface area contributed by atoms with Crippen molar-refractivity contribution in [3.8, 4) is 11.4 Å². The predicted octanol–water partition coefficient (Wildman–Crippen LogP) is 3.45. The van der Waals surface area contributed by atoms with Gasteiger partial charge in [0.1, 0.15) is 17.4 Å². The van der Waals surface area contributed by atoms with Crippen LogP contribution in [0.15, 0.2) is 48.5 Å². The van der Waals surface area contributed by atoms with Crippen molar-refractivity contribution in [3.63, 3.8) is 0 Å². The molecule has 0 unspecified atom stereocenters. The van der Waals surface area contributed by atoms with Crippen LogP contribution in [-0.4, -0.2) is 27.8 Å². The van der Waals surface area contributed by atoms with Gasteiger partial charge in [-0.3, -0.25) is 14.3 Å². The second kappa shape index (κ2) is 6.63. The van der Waals surface area contributed by atoms with E-state index in [-0.39, 0.29) is 12.3 Å². The molecule has 0 radical (unpaired) electrons. The van der Waals surface area contributed by atoms with Crippen molar-refractivity contribution < 1.29 is 9.53 Å². The molecule has 4 rings (SSSR count). The summed E-state index contributed by atoms with van der Waals surface area (Å²) in [5, 5.41) is 8.60. The van der Waals surface area contributed by atoms with E-state index in [1.165, 1.54) is 0 Å². The predicted molar refractivity (Wildman–Crippen MR) is 99.2 cm³/mol. The fourth-order valence-corrected chi connectivity index (χ4v) is 3.34. The van der Waals surface area contributed by atoms with Crippen LogP contribution in [0.5, 0.6) is 5.75 Å². The summed E-state index contributed by atoms with van der Waals surface area (Å²) >= 11 is 0. The van der Waals surface area contributed by atoms with E-state index in [9.17, 15) is 4.79 Å². The van der Waals surface area contributed by atoms with E-state index in [1.807, 2.05) is 53.1 Å². The van der Waals surface area contributed by atoms with Gasteiger partial charge in [0, 0.05) is 18.2 Å². The Hall–Kier alpha value is -3.15. The number of rotatable bonds is 4. The van der Waals surface area contributed by atoms with Crippen molar-refractivity contribution in [2.75, 3.05) is 12.0 Å². The molecule has 0 atom stereocenters. The fourth-order valence-electron chi connectivity index (χ4n) is 3.34. The maximum atomic E-state index is 13.1. The number of aryl methyl sites for hydroxylation is 1. The lowest BCUT2D eigenvalue weighted by Gasteiger charge is -2.23. The lowest BCUT2D eigenvalue weighted by atomic mass is 10.2. The van der Waals surface area contributed by atoms with Crippen LogP contribution in [0.4, 0.5) is 11.4 Å². The van der Waals surface area contributed by atoms with E-state index in [0.717, 1.165) is 35.7 Å². The van der Waals surface area contributed by atoms with E-state index >= 15 is 0 Å². The van der Waals surface area contributed by atoms with Gasteiger partial charge >= 0.3 is 0 Å². The van der Waals surface area contributed by atoms with Gasteiger partial charge in [-0.05, 0) is 30.7 Å². The average Bonchev–Trinajstić information content (AvgIpc) is 2.99. The van der Waals surface area contributed by atoms with E-state index in [1.54, 1.807) is 12.0 Å². The molecular weight excluding hydrogens is 328 g/mol. The summed E-state index contributed by atoms with van der Waals surface area (Å²) < 4.78 is 7.42. The van der Waals surface area contributed by atoms with Gasteiger partial charge in [0.25, 0.3) is 0 Å². The number of nitrogens with zero attached hydrogens (tertiary/aromatic N) is 4. The lowest BCUT2D eigenvalue weighted by molar-refractivity contribution is -0.117. The van der Waals surface area contributed by atoms with Gasteiger partial charge in [0.05, 0.1) is 24.9 Å². The van der Waals surface area contributed by atoms with E-state index in [2.05, 4.69) is 17.1 Å². The molecule has 6 heteroatoms. The van der Waals surface area contributed by atoms with Crippen LogP contribution in [0.2, 0.25) is 0 Å². The van der Waals surface area contributed by atoms with Crippen LogP contribution in [0.1, 0.15) is 25.0 Å². The van der Waals surface area contributed by atoms with Gasteiger partial charge in [-0.15, -0.1) is 10.2 Å². The number of benzene rings is 2. The van der Waals surface area contributed by atoms with Gasteiger partial charge < -0.3 is 4.74 Å². The number of hydrogen-bond donors (Lipinski definition) is 0. The smallest absolute Gasteiger partial charge is 0.239 e. The van der Waals surface area contributed by atoms with E-state index in [0.29, 0.717) is 11.6 Å². The molecule has 0 saturated carbocycles. The summed E-state index contributed by atoms with van der Waals surface area (Å²) in [6, 6.07) is 15.4. The van der Waals surface area contributed by atoms with Crippen molar-refractivity contribution in [2.24, 2.45) is 0 Å². The summed E-state index contributed by atoms with van der Waals surface area (Å²) in [5.74, 6) is 2.20. The fraction of sp³-hybridized carbons (Fsp3) is 0.250. The number of hydrogen-bond acceptors (Lipinski definition) is 4. The number of anilines is 2. The van der Waals surface area contributed by atoms with Crippen LogP contribution >= 0.6 is 0 Å². The van der Waals surface area contributed by atoms with Gasteiger partial charge in [-0.1, -0.05) is 25.1 Å². The highest BCUT2D eigenvalue weighted by Crippen LogP contribution is 2.37. The summed E-state index contributed by atoms with van der Waals surface area (Å²) in [6.45, 7) is 2.11. The third-order valence-electron chi connectivity index (χ3n) is 4.51. The molecule has 1 aliphatic rings. The Morgan fingerprint density at radius 3 is 2.62 bits per heavy atom. The second-order valence-corrected chi connectivity index (χ2v) is 6.21. The average molecular weight is 348 g/mol. The van der Waals surface area contributed by atoms with Crippen LogP contribution < -0.4 is 9.64 Å². The minimum absolute atomic E-state index is 0.0418. The summed E-state index contributed by atoms with van der Waals surface area (Å²) in [4.78, 5) is 14.8. The largest absolute Gasteiger partial charge is 0.497 e. The van der Waals surface area contributed by atoms with Crippen molar-refractivity contribution >= 4 is 17.3 Å². The zero-order valence-electron chi connectivity index (χ0n) is 14.8. The molecule has 0 saturated heterocycles. The van der Waals surface area contributed by atoms with Crippen molar-refractivity contribution in [1.82, 2.24) is 14.8 Å². The standard InChI is InChI=1S/C20H20N4O2/c1-3-7-18-21-22-19-13-20(25)23(14-8-5-4-6-9-14)17-12-15(26-2)10-11-16(17)24(18)19/h4-6,8-12H,3,7,13H2,1-2H3. The molecule has 0 fully saturated rings. The zero-order chi connectivity index (χ0) is 18.1. The molecule has 1 aromatic heterocycles. The van der Waals surface area contributed by atoms with Crippen LogP contribution in [0.25, 0.3) is 5.69 Å². The molecule has 26 heavy (non-hydrogen) atoms. The maximum Gasteiger partial charge on any atom is 0.239 e. The Kier molecular flexibility index (Phi) is 4.16. The van der Waals surface area contributed by atoms with Gasteiger partial charge in [-0.25, -0.2) is 0 Å². The SMILES string of the molecule is CCCc1nnc2n1-c1ccc(OC)cc1N(c1ccccc1)C(=O)C2. The number of para-hydroxylation sites is 1. The number of aromatic nitrogens is 3. The Bertz CT molecular complexity index is 950. The topological polar surface area (TPSA) is 60.2 Å². The molecule has 6 nitrogen and oxygen atoms in total. The van der Waals surface area contributed by atoms with Gasteiger partial charge in [0.2, 0.25) is 5.91 Å². The zero-order valence-corrected chi connectivity index (χ0v) is 14.8. The van der Waals surface area contributed by atoms with Crippen molar-refractivity contribution in [3.05, 3.63) is 60.2 Å². The maximum absolute atomic E-state index is 13.1. The first kappa shape index (κ1) is 16.3. The van der Waals surface area contributed by atoms with Crippen LogP contribution in [0.3, 0.4) is 0 Å². The quantitative estimate of drug-likeness (QED) is 0.724. The third-order valence-corrected chi connectivity index (χ3v) is 4.51. The Labute approximate surface area is 152 Å². The molecule has 2 heterocycles. The van der Waals surface area contributed by atoms with E-state index < -0.39 is 0 Å². The molecule has 0 bridgehead atoms. The highest BCUT2D eigenvalue weighted by molar-refractivity contribution is 6.04. The normalized spacial score (nSPS) is 13.2. The molecule has 3 aromatic rings. The first-order chi connectivity index (χ1) is 12.7. The molecule has 0 N–H and O–H groups in total. The number of ether oxygens (including phenoxy) is 1. The second-order valence-electron chi connectivity index (χ2n) is 6.21. The number of amides is 1. The third kappa shape index (κ3) is 2.63. The molecule has 132 valence electrons. The Morgan fingerprint density at radius 2 is 1.88 bits per heavy atom. The number of carbonyl (C=O) groups excluding carboxylic acids is 1. The highest BCUT2D eigenvalue weighted by atomic mass is 16.5. The molecule has 0 spiro atoms. The summed E-state index contributed by atoms with van der Waals surface area (Å²) in [5.41, 5.74) is 2.49. The van der Waals surface area contributed by atoms with Crippen molar-refractivity contribution in [2.45, 2.75) is 26.2 Å². The molecule has 0 aliphatic carbocycles.